The van der Waals surface area contributed by atoms with Crippen LogP contribution in [0.15, 0.2) is 53.4 Å². The zero-order chi connectivity index (χ0) is 20.2. The van der Waals surface area contributed by atoms with Gasteiger partial charge in [0.15, 0.2) is 0 Å². The summed E-state index contributed by atoms with van der Waals surface area (Å²) in [6.45, 7) is 0.371. The number of likely N-dealkylation sites (N-methyl/N-ethyl adjacent to an activating group) is 1. The fraction of sp³-hybridized carbons (Fsp3) is 0.294. The smallest absolute Gasteiger partial charge is 0.406 e. The van der Waals surface area contributed by atoms with Crippen LogP contribution in [0.2, 0.25) is 5.02 Å². The maximum atomic E-state index is 12.6. The van der Waals surface area contributed by atoms with E-state index in [2.05, 4.69) is 9.46 Å². The number of rotatable bonds is 7. The summed E-state index contributed by atoms with van der Waals surface area (Å²) in [6, 6.07) is 10.1. The molecule has 0 radical (unpaired) electrons. The van der Waals surface area contributed by atoms with Crippen LogP contribution in [0.4, 0.5) is 13.2 Å². The predicted molar refractivity (Wildman–Crippen MR) is 96.2 cm³/mol. The van der Waals surface area contributed by atoms with Gasteiger partial charge in [0.25, 0.3) is 0 Å². The van der Waals surface area contributed by atoms with Crippen molar-refractivity contribution >= 4 is 21.6 Å². The molecule has 27 heavy (non-hydrogen) atoms. The first-order valence-corrected chi connectivity index (χ1v) is 9.61. The summed E-state index contributed by atoms with van der Waals surface area (Å²) in [5.74, 6) is -0.496. The third kappa shape index (κ3) is 6.69. The SMILES string of the molecule is CN(C)C[C@H](NS(=O)(=O)c1ccc(OC(F)(F)F)cc1)c1ccc(Cl)cc1. The average Bonchev–Trinajstić information content (AvgIpc) is 2.53. The molecule has 1 atom stereocenters. The van der Waals surface area contributed by atoms with Crippen molar-refractivity contribution in [3.63, 3.8) is 0 Å². The molecule has 0 saturated carbocycles. The zero-order valence-corrected chi connectivity index (χ0v) is 16.1. The highest BCUT2D eigenvalue weighted by atomic mass is 35.5. The Morgan fingerprint density at radius 3 is 2.11 bits per heavy atom. The van der Waals surface area contributed by atoms with Gasteiger partial charge in [0.1, 0.15) is 5.75 Å². The first-order valence-electron chi connectivity index (χ1n) is 7.74. The van der Waals surface area contributed by atoms with Crippen LogP contribution >= 0.6 is 11.6 Å². The molecule has 2 aromatic rings. The molecule has 0 spiro atoms. The molecular formula is C17H18ClF3N2O3S. The molecule has 148 valence electrons. The second kappa shape index (κ2) is 8.47. The molecule has 2 aromatic carbocycles. The molecule has 0 fully saturated rings. The molecule has 2 rings (SSSR count). The summed E-state index contributed by atoms with van der Waals surface area (Å²) >= 11 is 5.87. The van der Waals surface area contributed by atoms with Gasteiger partial charge >= 0.3 is 6.36 Å². The van der Waals surface area contributed by atoms with Crippen molar-refractivity contribution in [1.82, 2.24) is 9.62 Å². The molecule has 0 aromatic heterocycles. The number of ether oxygens (including phenoxy) is 1. The average molecular weight is 423 g/mol. The van der Waals surface area contributed by atoms with E-state index in [1.165, 1.54) is 0 Å². The molecule has 10 heteroatoms. The van der Waals surface area contributed by atoms with Crippen molar-refractivity contribution in [2.45, 2.75) is 17.3 Å². The lowest BCUT2D eigenvalue weighted by atomic mass is 10.1. The van der Waals surface area contributed by atoms with Crippen molar-refractivity contribution < 1.29 is 26.3 Å². The normalized spacial score (nSPS) is 13.6. The summed E-state index contributed by atoms with van der Waals surface area (Å²) in [6.07, 6.45) is -4.84. The molecule has 0 aliphatic rings. The monoisotopic (exact) mass is 422 g/mol. The summed E-state index contributed by atoms with van der Waals surface area (Å²) in [5.41, 5.74) is 0.702. The molecule has 0 amide bonds. The fourth-order valence-electron chi connectivity index (χ4n) is 2.35. The van der Waals surface area contributed by atoms with Crippen LogP contribution in [0.3, 0.4) is 0 Å². The maximum absolute atomic E-state index is 12.6. The van der Waals surface area contributed by atoms with Gasteiger partial charge in [-0.2, -0.15) is 0 Å². The van der Waals surface area contributed by atoms with Crippen LogP contribution in [-0.2, 0) is 10.0 Å². The molecule has 1 N–H and O–H groups in total. The van der Waals surface area contributed by atoms with Crippen molar-refractivity contribution in [3.8, 4) is 5.75 Å². The number of nitrogens with zero attached hydrogens (tertiary/aromatic N) is 1. The lowest BCUT2D eigenvalue weighted by Gasteiger charge is -2.23. The van der Waals surface area contributed by atoms with Gasteiger partial charge < -0.3 is 9.64 Å². The first kappa shape index (κ1) is 21.5. The van der Waals surface area contributed by atoms with Gasteiger partial charge in [-0.05, 0) is 56.1 Å². The van der Waals surface area contributed by atoms with Crippen LogP contribution in [0, 0.1) is 0 Å². The minimum absolute atomic E-state index is 0.172. The van der Waals surface area contributed by atoms with E-state index < -0.39 is 28.2 Å². The minimum atomic E-state index is -4.84. The van der Waals surface area contributed by atoms with E-state index in [0.29, 0.717) is 17.1 Å². The molecule has 0 saturated heterocycles. The number of hydrogen-bond acceptors (Lipinski definition) is 4. The molecule has 0 aliphatic carbocycles. The zero-order valence-electron chi connectivity index (χ0n) is 14.5. The topological polar surface area (TPSA) is 58.6 Å². The highest BCUT2D eigenvalue weighted by Crippen LogP contribution is 2.25. The van der Waals surface area contributed by atoms with Gasteiger partial charge in [0, 0.05) is 11.6 Å². The van der Waals surface area contributed by atoms with E-state index in [4.69, 9.17) is 11.6 Å². The van der Waals surface area contributed by atoms with E-state index in [1.807, 2.05) is 4.90 Å². The Kier molecular flexibility index (Phi) is 6.74. The van der Waals surface area contributed by atoms with E-state index in [-0.39, 0.29) is 4.90 Å². The Balaban J connectivity index is 2.23. The van der Waals surface area contributed by atoms with E-state index >= 15 is 0 Å². The Hall–Kier alpha value is -1.81. The number of alkyl halides is 3. The van der Waals surface area contributed by atoms with Crippen LogP contribution in [-0.4, -0.2) is 40.3 Å². The van der Waals surface area contributed by atoms with Gasteiger partial charge in [-0.3, -0.25) is 0 Å². The van der Waals surface area contributed by atoms with E-state index in [0.717, 1.165) is 24.3 Å². The Bertz CT molecular complexity index is 854. The third-order valence-electron chi connectivity index (χ3n) is 3.49. The highest BCUT2D eigenvalue weighted by Gasteiger charge is 2.31. The van der Waals surface area contributed by atoms with Crippen LogP contribution in [0.1, 0.15) is 11.6 Å². The Morgan fingerprint density at radius 1 is 1.07 bits per heavy atom. The number of benzene rings is 2. The number of sulfonamides is 1. The lowest BCUT2D eigenvalue weighted by Crippen LogP contribution is -2.35. The summed E-state index contributed by atoms with van der Waals surface area (Å²) in [5, 5.41) is 0.519. The Morgan fingerprint density at radius 2 is 1.63 bits per heavy atom. The van der Waals surface area contributed by atoms with Gasteiger partial charge in [-0.15, -0.1) is 13.2 Å². The van der Waals surface area contributed by atoms with Gasteiger partial charge in [-0.25, -0.2) is 13.1 Å². The van der Waals surface area contributed by atoms with Gasteiger partial charge in [0.2, 0.25) is 10.0 Å². The summed E-state index contributed by atoms with van der Waals surface area (Å²) in [7, 11) is -0.386. The minimum Gasteiger partial charge on any atom is -0.406 e. The van der Waals surface area contributed by atoms with Gasteiger partial charge in [-0.1, -0.05) is 23.7 Å². The standard InChI is InChI=1S/C17H18ClF3N2O3S/c1-23(2)11-16(12-3-5-13(18)6-4-12)22-27(24,25)15-9-7-14(8-10-15)26-17(19,20)21/h3-10,16,22H,11H2,1-2H3/t16-/m0/s1. The Labute approximate surface area is 160 Å². The molecule has 0 bridgehead atoms. The maximum Gasteiger partial charge on any atom is 0.573 e. The second-order valence-electron chi connectivity index (χ2n) is 6.01. The van der Waals surface area contributed by atoms with E-state index in [9.17, 15) is 21.6 Å². The number of hydrogen-bond donors (Lipinski definition) is 1. The number of nitrogens with one attached hydrogen (secondary N) is 1. The van der Waals surface area contributed by atoms with Crippen LogP contribution < -0.4 is 9.46 Å². The molecule has 0 heterocycles. The highest BCUT2D eigenvalue weighted by molar-refractivity contribution is 7.89. The van der Waals surface area contributed by atoms with E-state index in [1.54, 1.807) is 38.4 Å². The van der Waals surface area contributed by atoms with Crippen molar-refractivity contribution in [2.75, 3.05) is 20.6 Å². The molecule has 0 aliphatic heterocycles. The molecule has 5 nitrogen and oxygen atoms in total. The molecular weight excluding hydrogens is 405 g/mol. The summed E-state index contributed by atoms with van der Waals surface area (Å²) < 4.78 is 68.3. The van der Waals surface area contributed by atoms with Crippen molar-refractivity contribution in [3.05, 3.63) is 59.1 Å². The van der Waals surface area contributed by atoms with Crippen LogP contribution in [0.5, 0.6) is 5.75 Å². The second-order valence-corrected chi connectivity index (χ2v) is 8.16. The number of halogens is 4. The largest absolute Gasteiger partial charge is 0.573 e. The summed E-state index contributed by atoms with van der Waals surface area (Å²) in [4.78, 5) is 1.64. The quantitative estimate of drug-likeness (QED) is 0.737. The fourth-order valence-corrected chi connectivity index (χ4v) is 3.69. The predicted octanol–water partition coefficient (Wildman–Crippen LogP) is 3.82. The molecule has 0 unspecified atom stereocenters. The first-order chi connectivity index (χ1) is 12.5. The van der Waals surface area contributed by atoms with Crippen molar-refractivity contribution in [1.29, 1.82) is 0 Å². The van der Waals surface area contributed by atoms with Crippen LogP contribution in [0.25, 0.3) is 0 Å². The van der Waals surface area contributed by atoms with Gasteiger partial charge in [0.05, 0.1) is 10.9 Å². The third-order valence-corrected chi connectivity index (χ3v) is 5.22. The lowest BCUT2D eigenvalue weighted by molar-refractivity contribution is -0.274. The van der Waals surface area contributed by atoms with Crippen molar-refractivity contribution in [2.24, 2.45) is 0 Å².